The molecule has 2 aliphatic rings. The quantitative estimate of drug-likeness (QED) is 0.615. The fraction of sp³-hybridized carbons (Fsp3) is 0.760. The number of carbonyl (C=O) groups excluding carboxylic acids is 3. The summed E-state index contributed by atoms with van der Waals surface area (Å²) in [5.41, 5.74) is 1.11. The third kappa shape index (κ3) is 6.20. The van der Waals surface area contributed by atoms with Crippen LogP contribution in [0.15, 0.2) is 16.3 Å². The number of ether oxygens (including phenoxy) is 2. The van der Waals surface area contributed by atoms with Gasteiger partial charge in [-0.25, -0.2) is 4.79 Å². The molecule has 7 nitrogen and oxygen atoms in total. The maximum Gasteiger partial charge on any atom is 0.329 e. The zero-order valence-corrected chi connectivity index (χ0v) is 20.9. The standard InChI is InChI=1S/C25H40N2O5/c1-14(2)21(24(30)32-25(5,6)7)27-22(28)18-15(3)26-16(4)19(23(29)31-8)20(18)17-12-10-9-11-13-17/h14,17,19-21H,9-13H2,1-8H3,(H,27,28)/t19?,20?,21-/m0/s1. The van der Waals surface area contributed by atoms with E-state index in [2.05, 4.69) is 10.3 Å². The molecule has 1 aliphatic heterocycles. The molecule has 0 aromatic heterocycles. The first-order valence-corrected chi connectivity index (χ1v) is 11.7. The maximum absolute atomic E-state index is 13.6. The average molecular weight is 449 g/mol. The second kappa shape index (κ2) is 10.6. The monoisotopic (exact) mass is 448 g/mol. The van der Waals surface area contributed by atoms with Gasteiger partial charge in [0.05, 0.1) is 7.11 Å². The largest absolute Gasteiger partial charge is 0.468 e. The van der Waals surface area contributed by atoms with Crippen LogP contribution in [0.25, 0.3) is 0 Å². The van der Waals surface area contributed by atoms with E-state index in [1.807, 2.05) is 20.8 Å². The molecule has 2 unspecified atom stereocenters. The summed E-state index contributed by atoms with van der Waals surface area (Å²) in [6.07, 6.45) is 5.22. The molecule has 1 saturated carbocycles. The highest BCUT2D eigenvalue weighted by atomic mass is 16.6. The van der Waals surface area contributed by atoms with Crippen LogP contribution in [-0.2, 0) is 23.9 Å². The summed E-state index contributed by atoms with van der Waals surface area (Å²) < 4.78 is 10.7. The van der Waals surface area contributed by atoms with Crippen molar-refractivity contribution in [1.29, 1.82) is 0 Å². The van der Waals surface area contributed by atoms with Gasteiger partial charge >= 0.3 is 11.9 Å². The van der Waals surface area contributed by atoms with E-state index in [1.54, 1.807) is 27.7 Å². The molecule has 7 heteroatoms. The van der Waals surface area contributed by atoms with Gasteiger partial charge in [0, 0.05) is 22.9 Å². The number of allylic oxidation sites excluding steroid dienone is 1. The van der Waals surface area contributed by atoms with Crippen LogP contribution in [0.5, 0.6) is 0 Å². The highest BCUT2D eigenvalue weighted by molar-refractivity contribution is 6.07. The van der Waals surface area contributed by atoms with Gasteiger partial charge in [-0.2, -0.15) is 0 Å². The van der Waals surface area contributed by atoms with Crippen LogP contribution < -0.4 is 5.32 Å². The molecule has 2 rings (SSSR count). The first kappa shape index (κ1) is 26.1. The molecule has 1 N–H and O–H groups in total. The minimum absolute atomic E-state index is 0.159. The van der Waals surface area contributed by atoms with Crippen molar-refractivity contribution in [2.24, 2.45) is 28.7 Å². The van der Waals surface area contributed by atoms with Crippen LogP contribution in [0, 0.1) is 23.7 Å². The van der Waals surface area contributed by atoms with Gasteiger partial charge in [0.2, 0.25) is 5.91 Å². The molecule has 3 atom stereocenters. The number of hydrogen-bond acceptors (Lipinski definition) is 6. The van der Waals surface area contributed by atoms with E-state index >= 15 is 0 Å². The van der Waals surface area contributed by atoms with Crippen LogP contribution in [0.1, 0.15) is 80.6 Å². The van der Waals surface area contributed by atoms with E-state index in [-0.39, 0.29) is 29.6 Å². The van der Waals surface area contributed by atoms with Gasteiger partial charge in [0.1, 0.15) is 17.6 Å². The summed E-state index contributed by atoms with van der Waals surface area (Å²) in [7, 11) is 1.37. The molecule has 32 heavy (non-hydrogen) atoms. The zero-order chi connectivity index (χ0) is 24.2. The predicted octanol–water partition coefficient (Wildman–Crippen LogP) is 4.20. The van der Waals surface area contributed by atoms with Gasteiger partial charge < -0.3 is 14.8 Å². The van der Waals surface area contributed by atoms with Crippen molar-refractivity contribution in [3.63, 3.8) is 0 Å². The van der Waals surface area contributed by atoms with Crippen LogP contribution in [0.2, 0.25) is 0 Å². The van der Waals surface area contributed by atoms with Crippen LogP contribution in [0.4, 0.5) is 0 Å². The highest BCUT2D eigenvalue weighted by Crippen LogP contribution is 2.43. The van der Waals surface area contributed by atoms with Crippen LogP contribution in [-0.4, -0.2) is 42.3 Å². The van der Waals surface area contributed by atoms with Gasteiger partial charge in [-0.15, -0.1) is 0 Å². The molecule has 0 aromatic rings. The first-order chi connectivity index (χ1) is 14.9. The summed E-state index contributed by atoms with van der Waals surface area (Å²) in [5.74, 6) is -2.06. The molecule has 0 saturated heterocycles. The Kier molecular flexibility index (Phi) is 8.66. The van der Waals surface area contributed by atoms with Crippen molar-refractivity contribution in [2.75, 3.05) is 7.11 Å². The van der Waals surface area contributed by atoms with Crippen molar-refractivity contribution in [3.05, 3.63) is 11.3 Å². The number of nitrogens with zero attached hydrogens (tertiary/aromatic N) is 1. The van der Waals surface area contributed by atoms with Crippen molar-refractivity contribution in [3.8, 4) is 0 Å². The topological polar surface area (TPSA) is 94.1 Å². The van der Waals surface area contributed by atoms with E-state index in [0.717, 1.165) is 32.1 Å². The minimum atomic E-state index is -0.794. The molecule has 0 bridgehead atoms. The Morgan fingerprint density at radius 2 is 1.66 bits per heavy atom. The number of nitrogens with one attached hydrogen (secondary N) is 1. The number of esters is 2. The second-order valence-electron chi connectivity index (χ2n) is 10.4. The Morgan fingerprint density at radius 1 is 1.06 bits per heavy atom. The highest BCUT2D eigenvalue weighted by Gasteiger charge is 2.45. The van der Waals surface area contributed by atoms with E-state index in [9.17, 15) is 14.4 Å². The Labute approximate surface area is 192 Å². The van der Waals surface area contributed by atoms with Crippen LogP contribution >= 0.6 is 0 Å². The molecule has 0 spiro atoms. The lowest BCUT2D eigenvalue weighted by molar-refractivity contribution is -0.160. The van der Waals surface area contributed by atoms with E-state index in [1.165, 1.54) is 7.11 Å². The Hall–Kier alpha value is -2.18. The fourth-order valence-electron chi connectivity index (χ4n) is 4.90. The lowest BCUT2D eigenvalue weighted by Crippen LogP contribution is -2.50. The Morgan fingerprint density at radius 3 is 2.16 bits per heavy atom. The molecule has 0 aromatic carbocycles. The average Bonchev–Trinajstić information content (AvgIpc) is 2.69. The van der Waals surface area contributed by atoms with E-state index < -0.39 is 23.5 Å². The molecule has 1 amide bonds. The summed E-state index contributed by atoms with van der Waals surface area (Å²) >= 11 is 0. The van der Waals surface area contributed by atoms with Crippen LogP contribution in [0.3, 0.4) is 0 Å². The third-order valence-electron chi connectivity index (χ3n) is 6.35. The summed E-state index contributed by atoms with van der Waals surface area (Å²) in [6.45, 7) is 12.8. The number of methoxy groups -OCH3 is 1. The van der Waals surface area contributed by atoms with Gasteiger partial charge in [-0.1, -0.05) is 33.1 Å². The summed E-state index contributed by atoms with van der Waals surface area (Å²) in [6, 6.07) is -0.794. The fourth-order valence-corrected chi connectivity index (χ4v) is 4.90. The zero-order valence-electron chi connectivity index (χ0n) is 20.9. The molecule has 0 radical (unpaired) electrons. The molecular formula is C25H40N2O5. The number of rotatable bonds is 6. The molecular weight excluding hydrogens is 408 g/mol. The first-order valence-electron chi connectivity index (χ1n) is 11.7. The summed E-state index contributed by atoms with van der Waals surface area (Å²) in [5, 5.41) is 2.91. The van der Waals surface area contributed by atoms with Gasteiger partial charge in [0.15, 0.2) is 0 Å². The normalized spacial score (nSPS) is 23.5. The number of hydrogen-bond donors (Lipinski definition) is 1. The lowest BCUT2D eigenvalue weighted by atomic mass is 9.67. The number of aliphatic imine (C=N–C) groups is 1. The van der Waals surface area contributed by atoms with Crippen molar-refractivity contribution >= 4 is 23.6 Å². The van der Waals surface area contributed by atoms with Gasteiger partial charge in [-0.05, 0) is 59.3 Å². The SMILES string of the molecule is COC(=O)C1C(C)=NC(C)=C(C(=O)N[C@H](C(=O)OC(C)(C)C)C(C)C)C1C1CCCCC1. The van der Waals surface area contributed by atoms with Crippen molar-refractivity contribution in [1.82, 2.24) is 5.32 Å². The van der Waals surface area contributed by atoms with Gasteiger partial charge in [0.25, 0.3) is 0 Å². The smallest absolute Gasteiger partial charge is 0.329 e. The van der Waals surface area contributed by atoms with Gasteiger partial charge in [-0.3, -0.25) is 14.6 Å². The lowest BCUT2D eigenvalue weighted by Gasteiger charge is -2.39. The molecule has 1 fully saturated rings. The van der Waals surface area contributed by atoms with Crippen molar-refractivity contribution < 1.29 is 23.9 Å². The Bertz CT molecular complexity index is 785. The molecule has 180 valence electrons. The predicted molar refractivity (Wildman–Crippen MR) is 124 cm³/mol. The number of amides is 1. The Balaban J connectivity index is 2.42. The number of carbonyl (C=O) groups is 3. The molecule has 1 aliphatic carbocycles. The third-order valence-corrected chi connectivity index (χ3v) is 6.35. The maximum atomic E-state index is 13.6. The van der Waals surface area contributed by atoms with E-state index in [0.29, 0.717) is 17.0 Å². The minimum Gasteiger partial charge on any atom is -0.468 e. The van der Waals surface area contributed by atoms with E-state index in [4.69, 9.17) is 9.47 Å². The second-order valence-corrected chi connectivity index (χ2v) is 10.4. The summed E-state index contributed by atoms with van der Waals surface area (Å²) in [4.78, 5) is 43.7. The van der Waals surface area contributed by atoms with Crippen molar-refractivity contribution in [2.45, 2.75) is 92.2 Å². The molecule has 1 heterocycles.